The van der Waals surface area contributed by atoms with Gasteiger partial charge in [0.2, 0.25) is 0 Å². The van der Waals surface area contributed by atoms with Gasteiger partial charge in [-0.15, -0.1) is 0 Å². The first-order valence-corrected chi connectivity index (χ1v) is 10.5. The zero-order valence-electron chi connectivity index (χ0n) is 16.6. The predicted molar refractivity (Wildman–Crippen MR) is 119 cm³/mol. The number of piperidine rings is 1. The lowest BCUT2D eigenvalue weighted by atomic mass is 9.72. The highest BCUT2D eigenvalue weighted by Gasteiger charge is 2.41. The second-order valence-electron chi connectivity index (χ2n) is 7.00. The Bertz CT molecular complexity index is 719. The van der Waals surface area contributed by atoms with E-state index < -0.39 is 5.60 Å². The standard InChI is InChI=1S/C23H29N3OS/c1-3-16-26(19-24-2)28-25-17-14-22(15-18-25)23(27,20-10-6-4-7-11-20)21-12-8-5-9-13-21/h3-13,16,19,22,27H,14-15,17-18H2,1-2H3/b16-3-,24-19?. The number of aliphatic hydroxyl groups is 1. The highest BCUT2D eigenvalue weighted by molar-refractivity contribution is 7.95. The molecule has 2 aromatic carbocycles. The van der Waals surface area contributed by atoms with Crippen LogP contribution in [0.1, 0.15) is 30.9 Å². The first-order valence-electron chi connectivity index (χ1n) is 9.78. The summed E-state index contributed by atoms with van der Waals surface area (Å²) in [6.07, 6.45) is 7.69. The van der Waals surface area contributed by atoms with E-state index >= 15 is 0 Å². The van der Waals surface area contributed by atoms with Gasteiger partial charge >= 0.3 is 0 Å². The Morgan fingerprint density at radius 2 is 1.57 bits per heavy atom. The fourth-order valence-corrected chi connectivity index (χ4v) is 4.81. The zero-order valence-corrected chi connectivity index (χ0v) is 17.4. The maximum absolute atomic E-state index is 11.9. The molecule has 148 valence electrons. The molecule has 1 aliphatic rings. The molecular weight excluding hydrogens is 366 g/mol. The Morgan fingerprint density at radius 1 is 1.04 bits per heavy atom. The fraction of sp³-hybridized carbons (Fsp3) is 0.348. The van der Waals surface area contributed by atoms with Crippen LogP contribution in [0.2, 0.25) is 0 Å². The maximum atomic E-state index is 11.9. The topological polar surface area (TPSA) is 39.1 Å². The van der Waals surface area contributed by atoms with Crippen molar-refractivity contribution in [1.82, 2.24) is 8.61 Å². The average Bonchev–Trinajstić information content (AvgIpc) is 2.75. The summed E-state index contributed by atoms with van der Waals surface area (Å²) in [7, 11) is 1.78. The van der Waals surface area contributed by atoms with E-state index in [0.717, 1.165) is 37.1 Å². The summed E-state index contributed by atoms with van der Waals surface area (Å²) >= 11 is 1.67. The van der Waals surface area contributed by atoms with Gasteiger partial charge in [-0.1, -0.05) is 66.7 Å². The summed E-state index contributed by atoms with van der Waals surface area (Å²) in [6, 6.07) is 20.2. The third-order valence-corrected chi connectivity index (χ3v) is 6.21. The molecule has 5 heteroatoms. The number of hydrogen-bond acceptors (Lipinski definition) is 4. The lowest BCUT2D eigenvalue weighted by Crippen LogP contribution is -2.43. The van der Waals surface area contributed by atoms with Crippen molar-refractivity contribution >= 4 is 18.5 Å². The van der Waals surface area contributed by atoms with Gasteiger partial charge in [-0.05, 0) is 36.8 Å². The summed E-state index contributed by atoms with van der Waals surface area (Å²) in [5, 5.41) is 11.9. The largest absolute Gasteiger partial charge is 0.380 e. The van der Waals surface area contributed by atoms with Crippen LogP contribution in [0.25, 0.3) is 0 Å². The number of benzene rings is 2. The molecule has 28 heavy (non-hydrogen) atoms. The fourth-order valence-electron chi connectivity index (χ4n) is 3.86. The van der Waals surface area contributed by atoms with E-state index in [1.807, 2.05) is 90.5 Å². The molecule has 0 bridgehead atoms. The van der Waals surface area contributed by atoms with E-state index in [1.54, 1.807) is 19.2 Å². The van der Waals surface area contributed by atoms with Crippen LogP contribution < -0.4 is 0 Å². The van der Waals surface area contributed by atoms with Crippen LogP contribution in [0.4, 0.5) is 0 Å². The minimum Gasteiger partial charge on any atom is -0.380 e. The molecule has 1 saturated heterocycles. The van der Waals surface area contributed by atoms with Gasteiger partial charge in [0.15, 0.2) is 0 Å². The number of aliphatic imine (C=N–C) groups is 1. The van der Waals surface area contributed by atoms with Crippen LogP contribution in [0.15, 0.2) is 77.9 Å². The molecular formula is C23H29N3OS. The van der Waals surface area contributed by atoms with E-state index in [1.165, 1.54) is 0 Å². The van der Waals surface area contributed by atoms with Crippen molar-refractivity contribution in [2.45, 2.75) is 25.4 Å². The SMILES string of the molecule is C/C=C\N(C=NC)SN1CCC(C(O)(c2ccccc2)c2ccccc2)CC1. The van der Waals surface area contributed by atoms with Crippen molar-refractivity contribution in [3.8, 4) is 0 Å². The Labute approximate surface area is 172 Å². The van der Waals surface area contributed by atoms with Crippen molar-refractivity contribution in [3.05, 3.63) is 84.1 Å². The molecule has 2 aromatic rings. The molecule has 1 fully saturated rings. The highest BCUT2D eigenvalue weighted by Crippen LogP contribution is 2.42. The first-order chi connectivity index (χ1) is 13.7. The van der Waals surface area contributed by atoms with Crippen molar-refractivity contribution in [2.75, 3.05) is 20.1 Å². The Kier molecular flexibility index (Phi) is 7.31. The molecule has 0 radical (unpaired) electrons. The molecule has 1 N–H and O–H groups in total. The molecule has 1 heterocycles. The van der Waals surface area contributed by atoms with E-state index in [2.05, 4.69) is 9.30 Å². The van der Waals surface area contributed by atoms with E-state index in [4.69, 9.17) is 0 Å². The second-order valence-corrected chi connectivity index (χ2v) is 8.10. The van der Waals surface area contributed by atoms with Crippen LogP contribution in [0, 0.1) is 5.92 Å². The normalized spacial score (nSPS) is 16.8. The summed E-state index contributed by atoms with van der Waals surface area (Å²) in [6.45, 7) is 3.84. The third kappa shape index (κ3) is 4.66. The first kappa shape index (κ1) is 20.6. The Morgan fingerprint density at radius 3 is 2.04 bits per heavy atom. The molecule has 0 aliphatic carbocycles. The molecule has 0 unspecified atom stereocenters. The van der Waals surface area contributed by atoms with Gasteiger partial charge in [-0.3, -0.25) is 9.30 Å². The number of allylic oxidation sites excluding steroid dienone is 1. The summed E-state index contributed by atoms with van der Waals surface area (Å²) in [5.74, 6) is 0.171. The zero-order chi connectivity index (χ0) is 19.8. The van der Waals surface area contributed by atoms with Gasteiger partial charge < -0.3 is 5.11 Å². The molecule has 0 saturated carbocycles. The molecule has 0 amide bonds. The van der Waals surface area contributed by atoms with E-state index in [-0.39, 0.29) is 5.92 Å². The van der Waals surface area contributed by atoms with Crippen LogP contribution in [0.3, 0.4) is 0 Å². The minimum atomic E-state index is -0.965. The summed E-state index contributed by atoms with van der Waals surface area (Å²) < 4.78 is 4.36. The number of nitrogens with zero attached hydrogens (tertiary/aromatic N) is 3. The Hall–Kier alpha value is -2.08. The van der Waals surface area contributed by atoms with E-state index in [0.29, 0.717) is 0 Å². The number of rotatable bonds is 7. The van der Waals surface area contributed by atoms with Crippen LogP contribution in [-0.2, 0) is 5.60 Å². The second kappa shape index (κ2) is 9.92. The van der Waals surface area contributed by atoms with Crippen molar-refractivity contribution in [1.29, 1.82) is 0 Å². The highest BCUT2D eigenvalue weighted by atomic mass is 32.2. The van der Waals surface area contributed by atoms with Crippen LogP contribution in [-0.4, -0.2) is 40.2 Å². The van der Waals surface area contributed by atoms with Crippen molar-refractivity contribution in [3.63, 3.8) is 0 Å². The summed E-state index contributed by atoms with van der Waals surface area (Å²) in [4.78, 5) is 4.12. The molecule has 3 rings (SSSR count). The van der Waals surface area contributed by atoms with Gasteiger partial charge in [0.25, 0.3) is 0 Å². The monoisotopic (exact) mass is 395 g/mol. The third-order valence-electron chi connectivity index (χ3n) is 5.21. The van der Waals surface area contributed by atoms with Gasteiger partial charge in [0, 0.05) is 38.5 Å². The minimum absolute atomic E-state index is 0.171. The molecule has 0 aromatic heterocycles. The quantitative estimate of drug-likeness (QED) is 0.419. The predicted octanol–water partition coefficient (Wildman–Crippen LogP) is 4.69. The van der Waals surface area contributed by atoms with Gasteiger partial charge in [0.05, 0.1) is 6.34 Å². The van der Waals surface area contributed by atoms with E-state index in [9.17, 15) is 5.11 Å². The number of hydrogen-bond donors (Lipinski definition) is 1. The molecule has 4 nitrogen and oxygen atoms in total. The van der Waals surface area contributed by atoms with Gasteiger partial charge in [-0.25, -0.2) is 4.31 Å². The lowest BCUT2D eigenvalue weighted by Gasteiger charge is -2.42. The lowest BCUT2D eigenvalue weighted by molar-refractivity contribution is -0.00456. The smallest absolute Gasteiger partial charge is 0.117 e. The van der Waals surface area contributed by atoms with Crippen LogP contribution >= 0.6 is 12.1 Å². The Balaban J connectivity index is 1.77. The average molecular weight is 396 g/mol. The summed E-state index contributed by atoms with van der Waals surface area (Å²) in [5.41, 5.74) is 0.981. The van der Waals surface area contributed by atoms with Gasteiger partial charge in [-0.2, -0.15) is 0 Å². The molecule has 0 spiro atoms. The molecule has 0 atom stereocenters. The van der Waals surface area contributed by atoms with Gasteiger partial charge in [0.1, 0.15) is 5.60 Å². The van der Waals surface area contributed by atoms with Crippen molar-refractivity contribution < 1.29 is 5.11 Å². The van der Waals surface area contributed by atoms with Crippen molar-refractivity contribution in [2.24, 2.45) is 10.9 Å². The molecule has 1 aliphatic heterocycles. The van der Waals surface area contributed by atoms with Crippen LogP contribution in [0.5, 0.6) is 0 Å². The maximum Gasteiger partial charge on any atom is 0.117 e.